The lowest BCUT2D eigenvalue weighted by molar-refractivity contribution is -0.129. The smallest absolute Gasteiger partial charge is 0.363 e. The van der Waals surface area contributed by atoms with Crippen LogP contribution in [0.3, 0.4) is 0 Å². The number of hydrogen-bond donors (Lipinski definition) is 0. The molecule has 2 aliphatic heterocycles. The SMILES string of the molecule is O=C1OC(c2ccc(Cl)cc2)=NC1=Cc1cc2ccccc2nc1N1CCCCC1. The zero-order valence-electron chi connectivity index (χ0n) is 16.3. The van der Waals surface area contributed by atoms with Crippen molar-refractivity contribution in [2.45, 2.75) is 19.3 Å². The minimum atomic E-state index is -0.460. The van der Waals surface area contributed by atoms with E-state index in [1.165, 1.54) is 6.42 Å². The molecule has 0 bridgehead atoms. The van der Waals surface area contributed by atoms with Crippen molar-refractivity contribution in [3.8, 4) is 0 Å². The largest absolute Gasteiger partial charge is 0.402 e. The maximum atomic E-state index is 12.5. The molecule has 5 rings (SSSR count). The Hall–Kier alpha value is -3.18. The number of anilines is 1. The highest BCUT2D eigenvalue weighted by molar-refractivity contribution is 6.30. The third-order valence-corrected chi connectivity index (χ3v) is 5.64. The zero-order valence-corrected chi connectivity index (χ0v) is 17.1. The molecule has 3 heterocycles. The Labute approximate surface area is 179 Å². The molecule has 0 N–H and O–H groups in total. The third kappa shape index (κ3) is 3.68. The number of carbonyl (C=O) groups excluding carboxylic acids is 1. The standard InChI is InChI=1S/C24H20ClN3O2/c25-19-10-8-16(9-11-19)23-27-21(24(29)30-23)15-18-14-17-6-2-3-7-20(17)26-22(18)28-12-4-1-5-13-28/h2-3,6-11,14-15H,1,4-5,12-13H2. The summed E-state index contributed by atoms with van der Waals surface area (Å²) in [5.74, 6) is 0.720. The lowest BCUT2D eigenvalue weighted by Gasteiger charge is -2.29. The van der Waals surface area contributed by atoms with Gasteiger partial charge in [-0.3, -0.25) is 0 Å². The van der Waals surface area contributed by atoms with Crippen molar-refractivity contribution in [3.05, 3.63) is 76.4 Å². The van der Waals surface area contributed by atoms with E-state index in [0.29, 0.717) is 10.6 Å². The van der Waals surface area contributed by atoms with E-state index in [-0.39, 0.29) is 11.6 Å². The fourth-order valence-corrected chi connectivity index (χ4v) is 3.99. The van der Waals surface area contributed by atoms with Gasteiger partial charge >= 0.3 is 5.97 Å². The van der Waals surface area contributed by atoms with E-state index in [1.807, 2.05) is 24.3 Å². The van der Waals surface area contributed by atoms with Gasteiger partial charge in [-0.1, -0.05) is 29.8 Å². The van der Waals surface area contributed by atoms with Gasteiger partial charge in [-0.2, -0.15) is 0 Å². The molecule has 0 atom stereocenters. The summed E-state index contributed by atoms with van der Waals surface area (Å²) in [5.41, 5.74) is 2.81. The first-order chi connectivity index (χ1) is 14.7. The number of benzene rings is 2. The summed E-state index contributed by atoms with van der Waals surface area (Å²) in [6, 6.07) is 17.2. The van der Waals surface area contributed by atoms with Gasteiger partial charge in [-0.05, 0) is 61.7 Å². The van der Waals surface area contributed by atoms with E-state index in [0.717, 1.165) is 48.2 Å². The van der Waals surface area contributed by atoms with Crippen molar-refractivity contribution >= 4 is 46.3 Å². The number of piperidine rings is 1. The number of pyridine rings is 1. The normalized spacial score (nSPS) is 18.0. The molecule has 2 aromatic carbocycles. The molecule has 1 aromatic heterocycles. The van der Waals surface area contributed by atoms with Crippen LogP contribution in [0.2, 0.25) is 5.02 Å². The molecule has 150 valence electrons. The molecule has 0 spiro atoms. The Balaban J connectivity index is 1.58. The van der Waals surface area contributed by atoms with Gasteiger partial charge in [-0.15, -0.1) is 0 Å². The predicted octanol–water partition coefficient (Wildman–Crippen LogP) is 5.22. The fourth-order valence-electron chi connectivity index (χ4n) is 3.86. The number of esters is 1. The van der Waals surface area contributed by atoms with Crippen LogP contribution in [-0.2, 0) is 9.53 Å². The third-order valence-electron chi connectivity index (χ3n) is 5.39. The molecule has 0 unspecified atom stereocenters. The number of carbonyl (C=O) groups is 1. The average Bonchev–Trinajstić information content (AvgIpc) is 3.14. The molecule has 0 amide bonds. The average molecular weight is 418 g/mol. The molecular formula is C24H20ClN3O2. The van der Waals surface area contributed by atoms with Crippen LogP contribution in [0.1, 0.15) is 30.4 Å². The second-order valence-corrected chi connectivity index (χ2v) is 7.92. The van der Waals surface area contributed by atoms with Gasteiger partial charge in [0.2, 0.25) is 5.90 Å². The van der Waals surface area contributed by atoms with Crippen molar-refractivity contribution in [2.75, 3.05) is 18.0 Å². The quantitative estimate of drug-likeness (QED) is 0.433. The van der Waals surface area contributed by atoms with Crippen LogP contribution in [0, 0.1) is 0 Å². The van der Waals surface area contributed by atoms with Gasteiger partial charge in [0.1, 0.15) is 5.82 Å². The number of fused-ring (bicyclic) bond motifs is 1. The molecular weight excluding hydrogens is 398 g/mol. The monoisotopic (exact) mass is 417 g/mol. The summed E-state index contributed by atoms with van der Waals surface area (Å²) < 4.78 is 5.41. The van der Waals surface area contributed by atoms with Crippen LogP contribution in [0.4, 0.5) is 5.82 Å². The topological polar surface area (TPSA) is 54.8 Å². The van der Waals surface area contributed by atoms with Gasteiger partial charge in [0, 0.05) is 34.6 Å². The van der Waals surface area contributed by atoms with Crippen molar-refractivity contribution in [1.29, 1.82) is 0 Å². The lowest BCUT2D eigenvalue weighted by atomic mass is 10.1. The molecule has 5 nitrogen and oxygen atoms in total. The van der Waals surface area contributed by atoms with Crippen LogP contribution in [0.15, 0.2) is 65.3 Å². The number of aliphatic imine (C=N–C) groups is 1. The van der Waals surface area contributed by atoms with E-state index in [4.69, 9.17) is 21.3 Å². The first kappa shape index (κ1) is 18.8. The highest BCUT2D eigenvalue weighted by Crippen LogP contribution is 2.29. The zero-order chi connectivity index (χ0) is 20.5. The van der Waals surface area contributed by atoms with Crippen molar-refractivity contribution < 1.29 is 9.53 Å². The van der Waals surface area contributed by atoms with Crippen LogP contribution in [-0.4, -0.2) is 29.9 Å². The molecule has 1 saturated heterocycles. The van der Waals surface area contributed by atoms with Crippen molar-refractivity contribution in [2.24, 2.45) is 4.99 Å². The van der Waals surface area contributed by atoms with E-state index >= 15 is 0 Å². The Kier molecular flexibility index (Phi) is 4.97. The highest BCUT2D eigenvalue weighted by Gasteiger charge is 2.25. The predicted molar refractivity (Wildman–Crippen MR) is 120 cm³/mol. The molecule has 1 fully saturated rings. The highest BCUT2D eigenvalue weighted by atomic mass is 35.5. The number of halogens is 1. The second-order valence-electron chi connectivity index (χ2n) is 7.48. The summed E-state index contributed by atoms with van der Waals surface area (Å²) in [5, 5.41) is 1.64. The number of hydrogen-bond acceptors (Lipinski definition) is 5. The fraction of sp³-hybridized carbons (Fsp3) is 0.208. The first-order valence-electron chi connectivity index (χ1n) is 10.1. The van der Waals surface area contributed by atoms with Gasteiger partial charge in [-0.25, -0.2) is 14.8 Å². The minimum Gasteiger partial charge on any atom is -0.402 e. The molecule has 3 aromatic rings. The molecule has 0 saturated carbocycles. The van der Waals surface area contributed by atoms with E-state index in [2.05, 4.69) is 16.0 Å². The Bertz CT molecular complexity index is 1180. The number of ether oxygens (including phenoxy) is 1. The van der Waals surface area contributed by atoms with Crippen LogP contribution in [0.5, 0.6) is 0 Å². The number of para-hydroxylation sites is 1. The van der Waals surface area contributed by atoms with Gasteiger partial charge in [0.25, 0.3) is 0 Å². The summed E-state index contributed by atoms with van der Waals surface area (Å²) in [6.07, 6.45) is 5.31. The summed E-state index contributed by atoms with van der Waals surface area (Å²) >= 11 is 5.95. The van der Waals surface area contributed by atoms with Gasteiger partial charge in [0.15, 0.2) is 5.70 Å². The van der Waals surface area contributed by atoms with Crippen LogP contribution in [0.25, 0.3) is 17.0 Å². The Morgan fingerprint density at radius 3 is 2.57 bits per heavy atom. The number of aromatic nitrogens is 1. The first-order valence-corrected chi connectivity index (χ1v) is 10.5. The Morgan fingerprint density at radius 2 is 1.77 bits per heavy atom. The maximum Gasteiger partial charge on any atom is 0.363 e. The number of cyclic esters (lactones) is 1. The molecule has 6 heteroatoms. The summed E-state index contributed by atoms with van der Waals surface area (Å²) in [7, 11) is 0. The molecule has 30 heavy (non-hydrogen) atoms. The number of rotatable bonds is 3. The maximum absolute atomic E-state index is 12.5. The minimum absolute atomic E-state index is 0.273. The van der Waals surface area contributed by atoms with E-state index in [1.54, 1.807) is 30.3 Å². The lowest BCUT2D eigenvalue weighted by Crippen LogP contribution is -2.30. The van der Waals surface area contributed by atoms with Crippen LogP contribution < -0.4 is 4.90 Å². The Morgan fingerprint density at radius 1 is 1.00 bits per heavy atom. The second kappa shape index (κ2) is 7.92. The number of nitrogens with zero attached hydrogens (tertiary/aromatic N) is 3. The van der Waals surface area contributed by atoms with E-state index in [9.17, 15) is 4.79 Å². The summed E-state index contributed by atoms with van der Waals surface area (Å²) in [6.45, 7) is 1.93. The van der Waals surface area contributed by atoms with E-state index < -0.39 is 5.97 Å². The molecule has 0 aliphatic carbocycles. The molecule has 0 radical (unpaired) electrons. The van der Waals surface area contributed by atoms with Gasteiger partial charge in [0.05, 0.1) is 5.52 Å². The van der Waals surface area contributed by atoms with Gasteiger partial charge < -0.3 is 9.64 Å². The summed E-state index contributed by atoms with van der Waals surface area (Å²) in [4.78, 5) is 24.2. The van der Waals surface area contributed by atoms with Crippen LogP contribution >= 0.6 is 11.6 Å². The van der Waals surface area contributed by atoms with Crippen molar-refractivity contribution in [3.63, 3.8) is 0 Å². The molecule has 2 aliphatic rings. The van der Waals surface area contributed by atoms with Crippen molar-refractivity contribution in [1.82, 2.24) is 4.98 Å².